The molecule has 1 aromatic heterocycles. The lowest BCUT2D eigenvalue weighted by Crippen LogP contribution is -2.25. The maximum absolute atomic E-state index is 14.3. The van der Waals surface area contributed by atoms with Crippen LogP contribution >= 0.6 is 0 Å². The van der Waals surface area contributed by atoms with Crippen molar-refractivity contribution in [2.24, 2.45) is 0 Å². The average Bonchev–Trinajstić information content (AvgIpc) is 3.36. The summed E-state index contributed by atoms with van der Waals surface area (Å²) in [5, 5.41) is 4.05. The van der Waals surface area contributed by atoms with Crippen LogP contribution in [-0.2, 0) is 4.79 Å². The van der Waals surface area contributed by atoms with Gasteiger partial charge in [-0.2, -0.15) is 4.98 Å². The van der Waals surface area contributed by atoms with Crippen molar-refractivity contribution in [2.75, 3.05) is 25.2 Å². The maximum Gasteiger partial charge on any atom is 0.232 e. The standard InChI is InChI=1S/C22H22FN3O4/c1-4-29-18-8-6-14(10-19(18)28-3)21-24-22(30-25-21)15-11-20(27)26(12-15)17-7-5-13(2)9-16(17)23/h5-10,15H,4,11-12H2,1-3H3. The van der Waals surface area contributed by atoms with Gasteiger partial charge in [0.15, 0.2) is 11.5 Å². The third-order valence-electron chi connectivity index (χ3n) is 5.03. The number of hydrogen-bond acceptors (Lipinski definition) is 6. The van der Waals surface area contributed by atoms with Crippen LogP contribution in [0.25, 0.3) is 11.4 Å². The molecule has 8 heteroatoms. The first-order valence-electron chi connectivity index (χ1n) is 9.71. The highest BCUT2D eigenvalue weighted by Crippen LogP contribution is 2.35. The van der Waals surface area contributed by atoms with Crippen LogP contribution in [0.1, 0.15) is 30.7 Å². The summed E-state index contributed by atoms with van der Waals surface area (Å²) < 4.78 is 30.6. The third kappa shape index (κ3) is 3.72. The van der Waals surface area contributed by atoms with Gasteiger partial charge in [-0.05, 0) is 49.7 Å². The Hall–Kier alpha value is -3.42. The molecule has 0 N–H and O–H groups in total. The number of methoxy groups -OCH3 is 1. The Morgan fingerprint density at radius 3 is 2.80 bits per heavy atom. The molecule has 1 aliphatic heterocycles. The molecule has 0 aliphatic carbocycles. The molecule has 1 amide bonds. The van der Waals surface area contributed by atoms with Crippen LogP contribution in [0.2, 0.25) is 0 Å². The Labute approximate surface area is 173 Å². The summed E-state index contributed by atoms with van der Waals surface area (Å²) >= 11 is 0. The normalized spacial score (nSPS) is 16.2. The first-order valence-corrected chi connectivity index (χ1v) is 9.71. The van der Waals surface area contributed by atoms with Crippen molar-refractivity contribution in [3.63, 3.8) is 0 Å². The van der Waals surface area contributed by atoms with Gasteiger partial charge in [0, 0.05) is 18.5 Å². The number of aryl methyl sites for hydroxylation is 1. The van der Waals surface area contributed by atoms with E-state index in [1.54, 1.807) is 38.3 Å². The molecule has 7 nitrogen and oxygen atoms in total. The van der Waals surface area contributed by atoms with E-state index in [2.05, 4.69) is 10.1 Å². The summed E-state index contributed by atoms with van der Waals surface area (Å²) in [6.07, 6.45) is 0.182. The number of hydrogen-bond donors (Lipinski definition) is 0. The minimum Gasteiger partial charge on any atom is -0.493 e. The molecule has 1 unspecified atom stereocenters. The summed E-state index contributed by atoms with van der Waals surface area (Å²) in [7, 11) is 1.56. The van der Waals surface area contributed by atoms with E-state index >= 15 is 0 Å². The molecule has 0 spiro atoms. The van der Waals surface area contributed by atoms with Crippen molar-refractivity contribution in [1.29, 1.82) is 0 Å². The Bertz CT molecular complexity index is 1080. The molecule has 156 valence electrons. The lowest BCUT2D eigenvalue weighted by atomic mass is 10.1. The van der Waals surface area contributed by atoms with E-state index in [0.717, 1.165) is 5.56 Å². The van der Waals surface area contributed by atoms with Crippen molar-refractivity contribution in [2.45, 2.75) is 26.2 Å². The zero-order valence-electron chi connectivity index (χ0n) is 17.0. The van der Waals surface area contributed by atoms with Crippen LogP contribution in [0.3, 0.4) is 0 Å². The van der Waals surface area contributed by atoms with Crippen molar-refractivity contribution in [3.05, 3.63) is 53.7 Å². The molecular weight excluding hydrogens is 389 g/mol. The fourth-order valence-corrected chi connectivity index (χ4v) is 3.54. The highest BCUT2D eigenvalue weighted by atomic mass is 19.1. The Morgan fingerprint density at radius 2 is 2.07 bits per heavy atom. The predicted molar refractivity (Wildman–Crippen MR) is 108 cm³/mol. The molecule has 1 saturated heterocycles. The highest BCUT2D eigenvalue weighted by molar-refractivity contribution is 5.96. The Balaban J connectivity index is 1.55. The summed E-state index contributed by atoms with van der Waals surface area (Å²) in [4.78, 5) is 18.4. The average molecular weight is 411 g/mol. The lowest BCUT2D eigenvalue weighted by molar-refractivity contribution is -0.117. The van der Waals surface area contributed by atoms with Gasteiger partial charge in [0.05, 0.1) is 25.3 Å². The van der Waals surface area contributed by atoms with Crippen LogP contribution in [0, 0.1) is 12.7 Å². The Morgan fingerprint density at radius 1 is 1.23 bits per heavy atom. The highest BCUT2D eigenvalue weighted by Gasteiger charge is 2.36. The number of anilines is 1. The molecule has 4 rings (SSSR count). The number of rotatable bonds is 6. The van der Waals surface area contributed by atoms with Crippen molar-refractivity contribution in [1.82, 2.24) is 10.1 Å². The fourth-order valence-electron chi connectivity index (χ4n) is 3.54. The number of carbonyl (C=O) groups excluding carboxylic acids is 1. The van der Waals surface area contributed by atoms with Crippen LogP contribution in [0.15, 0.2) is 40.9 Å². The van der Waals surface area contributed by atoms with Gasteiger partial charge in [0.1, 0.15) is 5.82 Å². The molecule has 1 aliphatic rings. The maximum atomic E-state index is 14.3. The van der Waals surface area contributed by atoms with Crippen LogP contribution in [-0.4, -0.2) is 36.3 Å². The predicted octanol–water partition coefficient (Wildman–Crippen LogP) is 4.11. The summed E-state index contributed by atoms with van der Waals surface area (Å²) in [6.45, 7) is 4.51. The minimum absolute atomic E-state index is 0.176. The van der Waals surface area contributed by atoms with E-state index in [1.807, 2.05) is 13.0 Å². The van der Waals surface area contributed by atoms with E-state index in [4.69, 9.17) is 14.0 Å². The largest absolute Gasteiger partial charge is 0.493 e. The smallest absolute Gasteiger partial charge is 0.232 e. The number of carbonyl (C=O) groups is 1. The van der Waals surface area contributed by atoms with Gasteiger partial charge in [0.25, 0.3) is 0 Å². The van der Waals surface area contributed by atoms with E-state index in [9.17, 15) is 9.18 Å². The van der Waals surface area contributed by atoms with Gasteiger partial charge < -0.3 is 18.9 Å². The number of nitrogens with zero attached hydrogens (tertiary/aromatic N) is 3. The molecule has 2 aromatic carbocycles. The minimum atomic E-state index is -0.420. The SMILES string of the molecule is CCOc1ccc(-c2noc(C3CC(=O)N(c4ccc(C)cc4F)C3)n2)cc1OC. The molecule has 3 aromatic rings. The van der Waals surface area contributed by atoms with Gasteiger partial charge in [-0.1, -0.05) is 11.2 Å². The first-order chi connectivity index (χ1) is 14.5. The second-order valence-electron chi connectivity index (χ2n) is 7.12. The first kappa shape index (κ1) is 19.9. The summed E-state index contributed by atoms with van der Waals surface area (Å²) in [5.74, 6) is 1.04. The van der Waals surface area contributed by atoms with E-state index in [0.29, 0.717) is 35.4 Å². The second-order valence-corrected chi connectivity index (χ2v) is 7.12. The molecule has 1 atom stereocenters. The zero-order chi connectivity index (χ0) is 21.3. The molecule has 30 heavy (non-hydrogen) atoms. The lowest BCUT2D eigenvalue weighted by Gasteiger charge is -2.17. The van der Waals surface area contributed by atoms with Crippen LogP contribution in [0.5, 0.6) is 11.5 Å². The molecule has 0 saturated carbocycles. The van der Waals surface area contributed by atoms with Gasteiger partial charge >= 0.3 is 0 Å². The number of halogens is 1. The number of ether oxygens (including phenoxy) is 2. The Kier molecular flexibility index (Phi) is 5.39. The molecule has 2 heterocycles. The molecular formula is C22H22FN3O4. The summed E-state index contributed by atoms with van der Waals surface area (Å²) in [6, 6.07) is 10.2. The van der Waals surface area contributed by atoms with Crippen LogP contribution in [0.4, 0.5) is 10.1 Å². The summed E-state index contributed by atoms with van der Waals surface area (Å²) in [5.41, 5.74) is 1.77. The number of amides is 1. The number of aromatic nitrogens is 2. The third-order valence-corrected chi connectivity index (χ3v) is 5.03. The fraction of sp³-hybridized carbons (Fsp3) is 0.318. The van der Waals surface area contributed by atoms with Gasteiger partial charge in [-0.25, -0.2) is 4.39 Å². The topological polar surface area (TPSA) is 77.7 Å². The van der Waals surface area contributed by atoms with E-state index < -0.39 is 5.82 Å². The second kappa shape index (κ2) is 8.14. The van der Waals surface area contributed by atoms with E-state index in [-0.39, 0.29) is 30.5 Å². The van der Waals surface area contributed by atoms with Gasteiger partial charge in [-0.15, -0.1) is 0 Å². The monoisotopic (exact) mass is 411 g/mol. The van der Waals surface area contributed by atoms with Crippen molar-refractivity contribution in [3.8, 4) is 22.9 Å². The molecule has 0 radical (unpaired) electrons. The number of benzene rings is 2. The van der Waals surface area contributed by atoms with Crippen molar-refractivity contribution >= 4 is 11.6 Å². The van der Waals surface area contributed by atoms with Gasteiger partial charge in [-0.3, -0.25) is 4.79 Å². The molecule has 1 fully saturated rings. The van der Waals surface area contributed by atoms with Crippen LogP contribution < -0.4 is 14.4 Å². The van der Waals surface area contributed by atoms with Crippen molar-refractivity contribution < 1.29 is 23.2 Å². The van der Waals surface area contributed by atoms with E-state index in [1.165, 1.54) is 11.0 Å². The quantitative estimate of drug-likeness (QED) is 0.607. The van der Waals surface area contributed by atoms with Gasteiger partial charge in [0.2, 0.25) is 17.6 Å². The zero-order valence-corrected chi connectivity index (χ0v) is 17.0. The molecule has 0 bridgehead atoms.